The van der Waals surface area contributed by atoms with Crippen molar-refractivity contribution < 1.29 is 32.3 Å². The summed E-state index contributed by atoms with van der Waals surface area (Å²) in [6, 6.07) is 15.3. The van der Waals surface area contributed by atoms with Crippen molar-refractivity contribution in [3.63, 3.8) is 0 Å². The standard InChI is InChI=1S/C35H36F3N7O4S/c1-5-44-32-26(16-40-45(32)24-12-7-6-8-13-24)28(29(33(44)48)42-31(47)27-19-50-34(41-27)35(36,37)38)23-11-9-10-22(14-23)15-39-30(46)20(2)21(3)43(4)25-17-49-18-25/h6-14,16,19,21,25,28-29H,2,5,15,17-18H2,1,3-4H3,(H,39,46)(H,42,47)/t21?,28-,29?/m1/s1. The van der Waals surface area contributed by atoms with Crippen LogP contribution in [0.15, 0.2) is 78.3 Å². The van der Waals surface area contributed by atoms with Crippen LogP contribution in [-0.4, -0.2) is 82.3 Å². The van der Waals surface area contributed by atoms with Gasteiger partial charge in [0, 0.05) is 41.6 Å². The minimum absolute atomic E-state index is 0.155. The maximum atomic E-state index is 14.3. The molecule has 2 aliphatic rings. The number of nitrogens with zero attached hydrogens (tertiary/aromatic N) is 5. The SMILES string of the molecule is C=C(C(=O)NCc1cccc([C@@H]2c3cnn(-c4ccccc4)c3N(CC)C(=O)C2NC(=O)c2csc(C(F)(F)F)n2)c1)C(C)N(C)C1COC1. The summed E-state index contributed by atoms with van der Waals surface area (Å²) in [7, 11) is 1.93. The van der Waals surface area contributed by atoms with E-state index in [2.05, 4.69) is 32.2 Å². The number of rotatable bonds is 11. The van der Waals surface area contributed by atoms with E-state index in [9.17, 15) is 27.6 Å². The van der Waals surface area contributed by atoms with Crippen LogP contribution in [0.3, 0.4) is 0 Å². The van der Waals surface area contributed by atoms with Gasteiger partial charge in [0.15, 0.2) is 5.01 Å². The number of benzene rings is 2. The molecule has 4 heterocycles. The zero-order chi connectivity index (χ0) is 35.7. The minimum Gasteiger partial charge on any atom is -0.378 e. The summed E-state index contributed by atoms with van der Waals surface area (Å²) in [4.78, 5) is 47.8. The first kappa shape index (κ1) is 35.0. The second kappa shape index (κ2) is 14.2. The van der Waals surface area contributed by atoms with Crippen LogP contribution in [0.1, 0.15) is 52.0 Å². The minimum atomic E-state index is -4.71. The Morgan fingerprint density at radius 2 is 1.90 bits per heavy atom. The molecule has 50 heavy (non-hydrogen) atoms. The van der Waals surface area contributed by atoms with Crippen LogP contribution in [0, 0.1) is 0 Å². The number of para-hydroxylation sites is 1. The van der Waals surface area contributed by atoms with Crippen molar-refractivity contribution in [3.05, 3.63) is 106 Å². The van der Waals surface area contributed by atoms with E-state index in [0.717, 1.165) is 10.9 Å². The number of carbonyl (C=O) groups is 3. The molecule has 3 atom stereocenters. The number of nitrogens with one attached hydrogen (secondary N) is 2. The maximum absolute atomic E-state index is 14.3. The molecule has 262 valence electrons. The first-order valence-corrected chi connectivity index (χ1v) is 16.9. The Morgan fingerprint density at radius 3 is 2.54 bits per heavy atom. The number of thiazole rings is 1. The van der Waals surface area contributed by atoms with Crippen molar-refractivity contribution in [2.45, 2.75) is 50.6 Å². The highest BCUT2D eigenvalue weighted by atomic mass is 32.1. The summed E-state index contributed by atoms with van der Waals surface area (Å²) < 4.78 is 46.8. The van der Waals surface area contributed by atoms with E-state index in [-0.39, 0.29) is 31.1 Å². The predicted molar refractivity (Wildman–Crippen MR) is 181 cm³/mol. The molecular formula is C35H36F3N7O4S. The Hall–Kier alpha value is -4.86. The first-order valence-electron chi connectivity index (χ1n) is 16.0. The zero-order valence-corrected chi connectivity index (χ0v) is 28.4. The summed E-state index contributed by atoms with van der Waals surface area (Å²) in [5.74, 6) is -1.96. The molecule has 11 nitrogen and oxygen atoms in total. The third-order valence-corrected chi connectivity index (χ3v) is 10.1. The molecule has 1 fully saturated rings. The molecule has 3 amide bonds. The number of halogens is 3. The van der Waals surface area contributed by atoms with Gasteiger partial charge in [-0.05, 0) is 44.2 Å². The lowest BCUT2D eigenvalue weighted by atomic mass is 9.82. The molecule has 4 aromatic rings. The van der Waals surface area contributed by atoms with E-state index in [1.54, 1.807) is 29.9 Å². The normalized spacial score (nSPS) is 18.4. The second-order valence-electron chi connectivity index (χ2n) is 12.2. The van der Waals surface area contributed by atoms with Crippen LogP contribution in [-0.2, 0) is 27.0 Å². The van der Waals surface area contributed by atoms with Crippen LogP contribution >= 0.6 is 11.3 Å². The van der Waals surface area contributed by atoms with Crippen LogP contribution in [0.2, 0.25) is 0 Å². The third-order valence-electron chi connectivity index (χ3n) is 9.18. The average Bonchev–Trinajstić information content (AvgIpc) is 3.76. The number of carbonyl (C=O) groups excluding carboxylic acids is 3. The lowest BCUT2D eigenvalue weighted by Gasteiger charge is -2.38. The van der Waals surface area contributed by atoms with E-state index in [1.807, 2.05) is 56.4 Å². The lowest BCUT2D eigenvalue weighted by Crippen LogP contribution is -2.55. The van der Waals surface area contributed by atoms with Crippen molar-refractivity contribution in [2.75, 3.05) is 31.7 Å². The molecule has 2 aliphatic heterocycles. The fourth-order valence-electron chi connectivity index (χ4n) is 6.15. The Bertz CT molecular complexity index is 1910. The molecule has 0 saturated carbocycles. The van der Waals surface area contributed by atoms with E-state index in [4.69, 9.17) is 4.74 Å². The van der Waals surface area contributed by atoms with Crippen LogP contribution in [0.25, 0.3) is 5.69 Å². The smallest absolute Gasteiger partial charge is 0.378 e. The highest BCUT2D eigenvalue weighted by Gasteiger charge is 2.45. The van der Waals surface area contributed by atoms with Gasteiger partial charge in [-0.2, -0.15) is 18.3 Å². The van der Waals surface area contributed by atoms with E-state index in [0.29, 0.717) is 52.8 Å². The molecule has 2 unspecified atom stereocenters. The van der Waals surface area contributed by atoms with Gasteiger partial charge in [0.1, 0.15) is 17.6 Å². The van der Waals surface area contributed by atoms with Gasteiger partial charge in [0.25, 0.3) is 11.8 Å². The van der Waals surface area contributed by atoms with Gasteiger partial charge in [-0.3, -0.25) is 24.2 Å². The molecule has 15 heteroatoms. The fourth-order valence-corrected chi connectivity index (χ4v) is 6.81. The number of likely N-dealkylation sites (N-methyl/N-ethyl adjacent to an activating group) is 2. The zero-order valence-electron chi connectivity index (χ0n) is 27.6. The van der Waals surface area contributed by atoms with Gasteiger partial charge in [-0.25, -0.2) is 9.67 Å². The highest BCUT2D eigenvalue weighted by molar-refractivity contribution is 7.10. The molecule has 1 saturated heterocycles. The molecule has 2 aromatic carbocycles. The molecule has 2 N–H and O–H groups in total. The van der Waals surface area contributed by atoms with Crippen molar-refractivity contribution in [1.29, 1.82) is 0 Å². The molecule has 2 aromatic heterocycles. The van der Waals surface area contributed by atoms with Crippen molar-refractivity contribution in [1.82, 2.24) is 30.3 Å². The van der Waals surface area contributed by atoms with Crippen molar-refractivity contribution in [3.8, 4) is 5.69 Å². The van der Waals surface area contributed by atoms with Crippen molar-refractivity contribution >= 4 is 34.9 Å². The molecule has 0 bridgehead atoms. The number of fused-ring (bicyclic) bond motifs is 1. The highest BCUT2D eigenvalue weighted by Crippen LogP contribution is 2.42. The fraction of sp³-hybridized carbons (Fsp3) is 0.343. The Morgan fingerprint density at radius 1 is 1.16 bits per heavy atom. The number of aromatic nitrogens is 3. The van der Waals surface area contributed by atoms with Gasteiger partial charge >= 0.3 is 6.18 Å². The monoisotopic (exact) mass is 707 g/mol. The van der Waals surface area contributed by atoms with E-state index in [1.165, 1.54) is 4.90 Å². The summed E-state index contributed by atoms with van der Waals surface area (Å²) in [5, 5.41) is 10.1. The van der Waals surface area contributed by atoms with Gasteiger partial charge in [-0.1, -0.05) is 49.0 Å². The molecule has 0 aliphatic carbocycles. The quantitative estimate of drug-likeness (QED) is 0.220. The Kier molecular flexibility index (Phi) is 9.91. The molecule has 0 radical (unpaired) electrons. The van der Waals surface area contributed by atoms with Gasteiger partial charge in [-0.15, -0.1) is 11.3 Å². The third kappa shape index (κ3) is 6.80. The lowest BCUT2D eigenvalue weighted by molar-refractivity contribution is -0.137. The number of anilines is 1. The largest absolute Gasteiger partial charge is 0.443 e. The summed E-state index contributed by atoms with van der Waals surface area (Å²) >= 11 is 0.305. The van der Waals surface area contributed by atoms with Gasteiger partial charge < -0.3 is 15.4 Å². The summed E-state index contributed by atoms with van der Waals surface area (Å²) in [6.45, 7) is 9.32. The van der Waals surface area contributed by atoms with Gasteiger partial charge in [0.05, 0.1) is 31.1 Å². The number of alkyl halides is 3. The molecule has 6 rings (SSSR count). The number of ether oxygens (including phenoxy) is 1. The Balaban J connectivity index is 1.32. The summed E-state index contributed by atoms with van der Waals surface area (Å²) in [5.41, 5.74) is 2.66. The number of amides is 3. The predicted octanol–water partition coefficient (Wildman–Crippen LogP) is 4.54. The van der Waals surface area contributed by atoms with Crippen LogP contribution in [0.5, 0.6) is 0 Å². The molecular weight excluding hydrogens is 671 g/mol. The first-order chi connectivity index (χ1) is 23.9. The number of hydrogen-bond donors (Lipinski definition) is 2. The van der Waals surface area contributed by atoms with Gasteiger partial charge in [0.2, 0.25) is 5.91 Å². The van der Waals surface area contributed by atoms with Crippen LogP contribution in [0.4, 0.5) is 19.0 Å². The number of hydrogen-bond acceptors (Lipinski definition) is 8. The maximum Gasteiger partial charge on any atom is 0.443 e. The topological polar surface area (TPSA) is 122 Å². The average molecular weight is 708 g/mol. The van der Waals surface area contributed by atoms with E-state index >= 15 is 0 Å². The van der Waals surface area contributed by atoms with Crippen molar-refractivity contribution in [2.24, 2.45) is 0 Å². The summed E-state index contributed by atoms with van der Waals surface area (Å²) in [6.07, 6.45) is -3.08. The van der Waals surface area contributed by atoms with Crippen LogP contribution < -0.4 is 15.5 Å². The van der Waals surface area contributed by atoms with E-state index < -0.39 is 40.7 Å². The Labute approximate surface area is 290 Å². The molecule has 0 spiro atoms. The second-order valence-corrected chi connectivity index (χ2v) is 13.1.